The zero-order valence-electron chi connectivity index (χ0n) is 20.3. The van der Waals surface area contributed by atoms with Crippen molar-refractivity contribution in [1.29, 1.82) is 0 Å². The Kier molecular flexibility index (Phi) is 8.27. The van der Waals surface area contributed by atoms with Crippen molar-refractivity contribution >= 4 is 17.7 Å². The van der Waals surface area contributed by atoms with Crippen LogP contribution in [0.15, 0.2) is 59.8 Å². The lowest BCUT2D eigenvalue weighted by Gasteiger charge is -2.36. The molecule has 6 nitrogen and oxygen atoms in total. The van der Waals surface area contributed by atoms with Crippen LogP contribution in [0.3, 0.4) is 0 Å². The second-order valence-electron chi connectivity index (χ2n) is 8.74. The molecule has 0 radical (unpaired) electrons. The summed E-state index contributed by atoms with van der Waals surface area (Å²) in [6.45, 7) is 5.74. The summed E-state index contributed by atoms with van der Waals surface area (Å²) in [6, 6.07) is 18.6. The summed E-state index contributed by atoms with van der Waals surface area (Å²) in [5.41, 5.74) is 2.15. The Morgan fingerprint density at radius 2 is 1.88 bits per heavy atom. The van der Waals surface area contributed by atoms with Crippen molar-refractivity contribution in [2.24, 2.45) is 0 Å². The van der Waals surface area contributed by atoms with E-state index in [0.29, 0.717) is 6.04 Å². The molecule has 7 heteroatoms. The zero-order valence-corrected chi connectivity index (χ0v) is 21.1. The Labute approximate surface area is 206 Å². The first-order chi connectivity index (χ1) is 16.6. The Morgan fingerprint density at radius 3 is 2.65 bits per heavy atom. The number of ether oxygens (including phenoxy) is 1. The highest BCUT2D eigenvalue weighted by Gasteiger charge is 2.30. The van der Waals surface area contributed by atoms with Crippen LogP contribution in [0, 0.1) is 0 Å². The number of methoxy groups -OCH3 is 1. The van der Waals surface area contributed by atoms with Crippen LogP contribution < -0.4 is 4.74 Å². The van der Waals surface area contributed by atoms with Crippen LogP contribution in [-0.2, 0) is 17.8 Å². The van der Waals surface area contributed by atoms with Gasteiger partial charge >= 0.3 is 0 Å². The number of para-hydroxylation sites is 1. The molecule has 1 fully saturated rings. The van der Waals surface area contributed by atoms with Gasteiger partial charge in [-0.1, -0.05) is 61.2 Å². The Bertz CT molecular complexity index is 1090. The molecule has 2 unspecified atom stereocenters. The van der Waals surface area contributed by atoms with Gasteiger partial charge in [-0.3, -0.25) is 4.79 Å². The first kappa shape index (κ1) is 24.3. The van der Waals surface area contributed by atoms with Gasteiger partial charge in [-0.25, -0.2) is 0 Å². The minimum atomic E-state index is -0.225. The Hall–Kier alpha value is -2.80. The molecule has 2 heterocycles. The highest BCUT2D eigenvalue weighted by Crippen LogP contribution is 2.33. The van der Waals surface area contributed by atoms with Gasteiger partial charge in [0.15, 0.2) is 11.0 Å². The lowest BCUT2D eigenvalue weighted by Crippen LogP contribution is -2.46. The second-order valence-corrected chi connectivity index (χ2v) is 10.1. The van der Waals surface area contributed by atoms with Crippen molar-refractivity contribution in [3.8, 4) is 17.1 Å². The molecule has 3 aromatic rings. The molecule has 2 atom stereocenters. The number of thioether (sulfide) groups is 1. The van der Waals surface area contributed by atoms with Crippen LogP contribution >= 0.6 is 11.8 Å². The quantitative estimate of drug-likeness (QED) is 0.382. The third-order valence-corrected chi connectivity index (χ3v) is 7.61. The van der Waals surface area contributed by atoms with E-state index in [9.17, 15) is 4.79 Å². The number of likely N-dealkylation sites (tertiary alicyclic amines) is 1. The standard InChI is InChI=1S/C27H34N4O2S/c1-4-22-14-10-11-18-30(22)26(32)20(2)34-27-29-28-25(23-15-8-9-16-24(23)33-3)31(27)19-17-21-12-6-5-7-13-21/h5-9,12-13,15-16,20,22H,4,10-11,14,17-19H2,1-3H3. The average Bonchev–Trinajstić information content (AvgIpc) is 3.29. The average molecular weight is 479 g/mol. The molecular formula is C27H34N4O2S. The van der Waals surface area contributed by atoms with E-state index in [1.807, 2.05) is 37.3 Å². The maximum Gasteiger partial charge on any atom is 0.236 e. The topological polar surface area (TPSA) is 60.3 Å². The summed E-state index contributed by atoms with van der Waals surface area (Å²) >= 11 is 1.51. The first-order valence-electron chi connectivity index (χ1n) is 12.2. The van der Waals surface area contributed by atoms with Gasteiger partial charge in [-0.15, -0.1) is 10.2 Å². The number of carbonyl (C=O) groups is 1. The predicted molar refractivity (Wildman–Crippen MR) is 137 cm³/mol. The molecule has 1 aromatic heterocycles. The van der Waals surface area contributed by atoms with Crippen molar-refractivity contribution < 1.29 is 9.53 Å². The van der Waals surface area contributed by atoms with Crippen molar-refractivity contribution in [3.63, 3.8) is 0 Å². The van der Waals surface area contributed by atoms with Crippen LogP contribution in [0.1, 0.15) is 45.1 Å². The molecule has 1 amide bonds. The number of nitrogens with zero attached hydrogens (tertiary/aromatic N) is 4. The molecule has 1 aliphatic heterocycles. The maximum atomic E-state index is 13.4. The number of carbonyl (C=O) groups excluding carboxylic acids is 1. The third kappa shape index (κ3) is 5.46. The van der Waals surface area contributed by atoms with Crippen molar-refractivity contribution in [1.82, 2.24) is 19.7 Å². The molecule has 0 N–H and O–H groups in total. The number of rotatable bonds is 9. The number of amides is 1. The minimum Gasteiger partial charge on any atom is -0.496 e. The number of benzene rings is 2. The first-order valence-corrected chi connectivity index (χ1v) is 13.1. The number of piperidine rings is 1. The normalized spacial score (nSPS) is 16.9. The van der Waals surface area contributed by atoms with Gasteiger partial charge in [0, 0.05) is 19.1 Å². The molecule has 0 bridgehead atoms. The molecule has 0 saturated carbocycles. The van der Waals surface area contributed by atoms with Gasteiger partial charge in [0.1, 0.15) is 5.75 Å². The van der Waals surface area contributed by atoms with Gasteiger partial charge in [-0.05, 0) is 56.7 Å². The van der Waals surface area contributed by atoms with Crippen LogP contribution in [-0.4, -0.2) is 50.5 Å². The SMILES string of the molecule is CCC1CCCCN1C(=O)C(C)Sc1nnc(-c2ccccc2OC)n1CCc1ccccc1. The zero-order chi connectivity index (χ0) is 23.9. The summed E-state index contributed by atoms with van der Waals surface area (Å²) in [5.74, 6) is 1.73. The molecule has 0 aliphatic carbocycles. The monoisotopic (exact) mass is 478 g/mol. The van der Waals surface area contributed by atoms with Crippen LogP contribution in [0.4, 0.5) is 0 Å². The van der Waals surface area contributed by atoms with Crippen LogP contribution in [0.25, 0.3) is 11.4 Å². The van der Waals surface area contributed by atoms with E-state index in [2.05, 4.69) is 50.9 Å². The summed E-state index contributed by atoms with van der Waals surface area (Å²) in [7, 11) is 1.67. The highest BCUT2D eigenvalue weighted by atomic mass is 32.2. The molecule has 34 heavy (non-hydrogen) atoms. The van der Waals surface area contributed by atoms with Gasteiger partial charge in [0.2, 0.25) is 5.91 Å². The largest absolute Gasteiger partial charge is 0.496 e. The smallest absolute Gasteiger partial charge is 0.236 e. The van der Waals surface area contributed by atoms with E-state index < -0.39 is 0 Å². The molecule has 180 valence electrons. The minimum absolute atomic E-state index is 0.202. The molecule has 1 aliphatic rings. The number of aryl methyl sites for hydroxylation is 1. The Morgan fingerprint density at radius 1 is 1.12 bits per heavy atom. The fourth-order valence-electron chi connectivity index (χ4n) is 4.65. The summed E-state index contributed by atoms with van der Waals surface area (Å²) < 4.78 is 7.73. The van der Waals surface area contributed by atoms with Crippen LogP contribution in [0.2, 0.25) is 0 Å². The van der Waals surface area contributed by atoms with E-state index in [0.717, 1.165) is 61.1 Å². The number of aromatic nitrogens is 3. The lowest BCUT2D eigenvalue weighted by molar-refractivity contribution is -0.134. The van der Waals surface area contributed by atoms with Gasteiger partial charge in [0.25, 0.3) is 0 Å². The summed E-state index contributed by atoms with van der Waals surface area (Å²) in [6.07, 6.45) is 5.25. The third-order valence-electron chi connectivity index (χ3n) is 6.54. The molecule has 4 rings (SSSR count). The predicted octanol–water partition coefficient (Wildman–Crippen LogP) is 5.47. The number of hydrogen-bond donors (Lipinski definition) is 0. The Balaban J connectivity index is 1.61. The lowest BCUT2D eigenvalue weighted by atomic mass is 10.00. The van der Waals surface area contributed by atoms with Gasteiger partial charge < -0.3 is 14.2 Å². The number of hydrogen-bond acceptors (Lipinski definition) is 5. The van der Waals surface area contributed by atoms with Crippen LogP contribution in [0.5, 0.6) is 5.75 Å². The second kappa shape index (κ2) is 11.6. The molecule has 2 aromatic carbocycles. The molecule has 1 saturated heterocycles. The van der Waals surface area contributed by atoms with Gasteiger partial charge in [-0.2, -0.15) is 0 Å². The van der Waals surface area contributed by atoms with Crippen molar-refractivity contribution in [3.05, 3.63) is 60.2 Å². The van der Waals surface area contributed by atoms with E-state index >= 15 is 0 Å². The summed E-state index contributed by atoms with van der Waals surface area (Å²) in [4.78, 5) is 15.5. The fourth-order valence-corrected chi connectivity index (χ4v) is 5.59. The van der Waals surface area contributed by atoms with E-state index in [4.69, 9.17) is 4.74 Å². The fraction of sp³-hybridized carbons (Fsp3) is 0.444. The van der Waals surface area contributed by atoms with E-state index in [-0.39, 0.29) is 11.2 Å². The van der Waals surface area contributed by atoms with E-state index in [1.165, 1.54) is 23.7 Å². The van der Waals surface area contributed by atoms with E-state index in [1.54, 1.807) is 7.11 Å². The molecule has 0 spiro atoms. The summed E-state index contributed by atoms with van der Waals surface area (Å²) in [5, 5.41) is 9.63. The highest BCUT2D eigenvalue weighted by molar-refractivity contribution is 8.00. The van der Waals surface area contributed by atoms with Gasteiger partial charge in [0.05, 0.1) is 17.9 Å². The molecular weight excluding hydrogens is 444 g/mol. The van der Waals surface area contributed by atoms with Crippen molar-refractivity contribution in [2.45, 2.75) is 68.9 Å². The van der Waals surface area contributed by atoms with Crippen molar-refractivity contribution in [2.75, 3.05) is 13.7 Å². The maximum absolute atomic E-state index is 13.4.